The van der Waals surface area contributed by atoms with Gasteiger partial charge in [0.15, 0.2) is 0 Å². The third-order valence-corrected chi connectivity index (χ3v) is 4.52. The molecule has 3 N–H and O–H groups in total. The number of hydrogen-bond donors (Lipinski definition) is 3. The molecule has 2 fully saturated rings. The van der Waals surface area contributed by atoms with Crippen LogP contribution in [0.4, 0.5) is 4.79 Å². The topological polar surface area (TPSA) is 87.7 Å². The average molecular weight is 284 g/mol. The third kappa shape index (κ3) is 3.85. The Labute approximate surface area is 119 Å². The molecule has 2 amide bonds. The predicted octanol–water partition coefficient (Wildman–Crippen LogP) is 1.36. The highest BCUT2D eigenvalue weighted by Crippen LogP contribution is 2.30. The van der Waals surface area contributed by atoms with Crippen molar-refractivity contribution < 1.29 is 19.4 Å². The highest BCUT2D eigenvalue weighted by molar-refractivity contribution is 5.78. The van der Waals surface area contributed by atoms with Crippen molar-refractivity contribution in [3.8, 4) is 0 Å². The monoisotopic (exact) mass is 284 g/mol. The lowest BCUT2D eigenvalue weighted by Gasteiger charge is -2.33. The molecule has 1 saturated carbocycles. The Morgan fingerprint density at radius 2 is 1.80 bits per heavy atom. The van der Waals surface area contributed by atoms with Gasteiger partial charge in [-0.25, -0.2) is 4.79 Å². The van der Waals surface area contributed by atoms with Crippen LogP contribution in [0.5, 0.6) is 0 Å². The predicted molar refractivity (Wildman–Crippen MR) is 73.5 cm³/mol. The van der Waals surface area contributed by atoms with Gasteiger partial charge < -0.3 is 20.5 Å². The molecule has 0 unspecified atom stereocenters. The van der Waals surface area contributed by atoms with Gasteiger partial charge in [-0.3, -0.25) is 4.79 Å². The van der Waals surface area contributed by atoms with Gasteiger partial charge in [-0.15, -0.1) is 0 Å². The van der Waals surface area contributed by atoms with E-state index in [0.29, 0.717) is 38.5 Å². The fraction of sp³-hybridized carbons (Fsp3) is 0.857. The van der Waals surface area contributed by atoms with E-state index in [1.165, 1.54) is 25.7 Å². The Kier molecular flexibility index (Phi) is 5.23. The maximum Gasteiger partial charge on any atom is 0.314 e. The van der Waals surface area contributed by atoms with Crippen LogP contribution in [-0.4, -0.2) is 43.4 Å². The third-order valence-electron chi connectivity index (χ3n) is 4.52. The Hall–Kier alpha value is -1.30. The molecule has 1 aliphatic carbocycles. The number of nitrogens with one attached hydrogen (secondary N) is 2. The molecular weight excluding hydrogens is 260 g/mol. The van der Waals surface area contributed by atoms with Crippen LogP contribution in [0.25, 0.3) is 0 Å². The summed E-state index contributed by atoms with van der Waals surface area (Å²) in [4.78, 5) is 23.2. The molecule has 0 atom stereocenters. The van der Waals surface area contributed by atoms with Gasteiger partial charge in [0.2, 0.25) is 0 Å². The molecule has 0 aromatic carbocycles. The first-order chi connectivity index (χ1) is 9.62. The van der Waals surface area contributed by atoms with Gasteiger partial charge in [-0.05, 0) is 31.6 Å². The highest BCUT2D eigenvalue weighted by Gasteiger charge is 2.40. The van der Waals surface area contributed by atoms with Crippen molar-refractivity contribution >= 4 is 12.0 Å². The minimum atomic E-state index is -0.872. The van der Waals surface area contributed by atoms with Crippen LogP contribution >= 0.6 is 0 Å². The first-order valence-corrected chi connectivity index (χ1v) is 7.45. The Balaban J connectivity index is 1.74. The van der Waals surface area contributed by atoms with Crippen LogP contribution < -0.4 is 10.6 Å². The van der Waals surface area contributed by atoms with E-state index in [1.807, 2.05) is 0 Å². The molecule has 1 aliphatic heterocycles. The van der Waals surface area contributed by atoms with Crippen molar-refractivity contribution in [1.29, 1.82) is 0 Å². The van der Waals surface area contributed by atoms with Gasteiger partial charge >= 0.3 is 12.0 Å². The molecule has 0 aromatic rings. The van der Waals surface area contributed by atoms with E-state index in [0.717, 1.165) is 0 Å². The molecule has 0 radical (unpaired) electrons. The van der Waals surface area contributed by atoms with E-state index in [9.17, 15) is 14.7 Å². The summed E-state index contributed by atoms with van der Waals surface area (Å²) in [6.07, 6.45) is 5.75. The summed E-state index contributed by atoms with van der Waals surface area (Å²) in [6, 6.07) is -0.260. The largest absolute Gasteiger partial charge is 0.481 e. The molecule has 1 heterocycles. The van der Waals surface area contributed by atoms with E-state index in [1.54, 1.807) is 0 Å². The second kappa shape index (κ2) is 6.92. The zero-order chi connectivity index (χ0) is 14.4. The summed E-state index contributed by atoms with van der Waals surface area (Å²) in [5, 5.41) is 14.9. The minimum Gasteiger partial charge on any atom is -0.481 e. The molecule has 6 nitrogen and oxygen atoms in total. The normalized spacial score (nSPS) is 22.4. The fourth-order valence-electron chi connectivity index (χ4n) is 2.99. The van der Waals surface area contributed by atoms with Crippen LogP contribution in [0, 0.1) is 11.3 Å². The van der Waals surface area contributed by atoms with Crippen molar-refractivity contribution in [3.63, 3.8) is 0 Å². The summed E-state index contributed by atoms with van der Waals surface area (Å²) in [6.45, 7) is 1.74. The number of hydrogen-bond acceptors (Lipinski definition) is 3. The number of carboxylic acid groups (broad SMARTS) is 1. The molecule has 0 bridgehead atoms. The SMILES string of the molecule is O=C(NCC1CCCC1)NCC1(C(=O)O)CCOCC1. The zero-order valence-corrected chi connectivity index (χ0v) is 11.8. The smallest absolute Gasteiger partial charge is 0.314 e. The molecular formula is C14H24N2O4. The summed E-state index contributed by atoms with van der Waals surface area (Å²) in [7, 11) is 0. The number of ether oxygens (including phenoxy) is 1. The number of carboxylic acids is 1. The van der Waals surface area contributed by atoms with Crippen LogP contribution in [0.15, 0.2) is 0 Å². The maximum atomic E-state index is 11.8. The van der Waals surface area contributed by atoms with Gasteiger partial charge in [0, 0.05) is 26.3 Å². The fourth-order valence-corrected chi connectivity index (χ4v) is 2.99. The number of carbonyl (C=O) groups excluding carboxylic acids is 1. The van der Waals surface area contributed by atoms with E-state index in [4.69, 9.17) is 4.74 Å². The Morgan fingerprint density at radius 1 is 1.15 bits per heavy atom. The number of carbonyl (C=O) groups is 2. The zero-order valence-electron chi connectivity index (χ0n) is 11.8. The second-order valence-electron chi connectivity index (χ2n) is 5.91. The quantitative estimate of drug-likeness (QED) is 0.711. The van der Waals surface area contributed by atoms with E-state index in [-0.39, 0.29) is 12.6 Å². The maximum absolute atomic E-state index is 11.8. The van der Waals surface area contributed by atoms with E-state index >= 15 is 0 Å². The van der Waals surface area contributed by atoms with Crippen molar-refractivity contribution in [1.82, 2.24) is 10.6 Å². The molecule has 2 rings (SSSR count). The van der Waals surface area contributed by atoms with Crippen LogP contribution in [-0.2, 0) is 9.53 Å². The molecule has 0 aromatic heterocycles. The number of rotatable bonds is 5. The van der Waals surface area contributed by atoms with Crippen LogP contribution in [0.1, 0.15) is 38.5 Å². The van der Waals surface area contributed by atoms with Crippen LogP contribution in [0.2, 0.25) is 0 Å². The van der Waals surface area contributed by atoms with Crippen molar-refractivity contribution in [2.24, 2.45) is 11.3 Å². The number of aliphatic carboxylic acids is 1. The molecule has 20 heavy (non-hydrogen) atoms. The molecule has 0 spiro atoms. The Morgan fingerprint density at radius 3 is 2.40 bits per heavy atom. The van der Waals surface area contributed by atoms with Gasteiger partial charge in [-0.1, -0.05) is 12.8 Å². The summed E-state index contributed by atoms with van der Waals surface area (Å²) >= 11 is 0. The lowest BCUT2D eigenvalue weighted by Crippen LogP contribution is -2.49. The summed E-state index contributed by atoms with van der Waals surface area (Å²) in [5.74, 6) is -0.269. The lowest BCUT2D eigenvalue weighted by molar-refractivity contribution is -0.154. The number of urea groups is 1. The van der Waals surface area contributed by atoms with Gasteiger partial charge in [0.25, 0.3) is 0 Å². The molecule has 2 aliphatic rings. The average Bonchev–Trinajstić information content (AvgIpc) is 2.97. The molecule has 6 heteroatoms. The second-order valence-corrected chi connectivity index (χ2v) is 5.91. The van der Waals surface area contributed by atoms with Gasteiger partial charge in [0.1, 0.15) is 0 Å². The Bertz CT molecular complexity index is 347. The van der Waals surface area contributed by atoms with Gasteiger partial charge in [0.05, 0.1) is 5.41 Å². The van der Waals surface area contributed by atoms with E-state index in [2.05, 4.69) is 10.6 Å². The van der Waals surface area contributed by atoms with E-state index < -0.39 is 11.4 Å². The standard InChI is InChI=1S/C14H24N2O4/c17-12(18)14(5-7-20-8-6-14)10-16-13(19)15-9-11-3-1-2-4-11/h11H,1-10H2,(H,17,18)(H2,15,16,19). The molecule has 1 saturated heterocycles. The molecule has 114 valence electrons. The van der Waals surface area contributed by atoms with Crippen molar-refractivity contribution in [3.05, 3.63) is 0 Å². The van der Waals surface area contributed by atoms with Crippen LogP contribution in [0.3, 0.4) is 0 Å². The summed E-state index contributed by atoms with van der Waals surface area (Å²) < 4.78 is 5.21. The summed E-state index contributed by atoms with van der Waals surface area (Å²) in [5.41, 5.74) is -0.872. The lowest BCUT2D eigenvalue weighted by atomic mass is 9.80. The number of amides is 2. The first-order valence-electron chi connectivity index (χ1n) is 7.45. The van der Waals surface area contributed by atoms with Crippen molar-refractivity contribution in [2.75, 3.05) is 26.3 Å². The first kappa shape index (κ1) is 15.1. The van der Waals surface area contributed by atoms with Gasteiger partial charge in [-0.2, -0.15) is 0 Å². The van der Waals surface area contributed by atoms with Crippen molar-refractivity contribution in [2.45, 2.75) is 38.5 Å². The highest BCUT2D eigenvalue weighted by atomic mass is 16.5. The minimum absolute atomic E-state index is 0.169.